The fourth-order valence-corrected chi connectivity index (χ4v) is 2.93. The molecule has 1 heterocycles. The molecule has 0 atom stereocenters. The van der Waals surface area contributed by atoms with Gasteiger partial charge in [-0.05, 0) is 38.3 Å². The normalized spacial score (nSPS) is 14.7. The number of likely N-dealkylation sites (tertiary alicyclic amines) is 1. The van der Waals surface area contributed by atoms with E-state index in [0.717, 1.165) is 38.7 Å². The molecule has 1 saturated heterocycles. The van der Waals surface area contributed by atoms with Crippen LogP contribution >= 0.6 is 24.0 Å². The summed E-state index contributed by atoms with van der Waals surface area (Å²) in [7, 11) is 1.87. The standard InChI is InChI=1S/C17H28N4.HI/c1-4-20(16-10-6-5-9-15(16)2)14-11-19-17(18-3)21-12-7-8-13-21;/h5-6,9-10H,4,7-8,11-14H2,1-3H3,(H,18,19);1H. The number of likely N-dealkylation sites (N-methyl/N-ethyl adjacent to an activating group) is 1. The highest BCUT2D eigenvalue weighted by Crippen LogP contribution is 2.18. The van der Waals surface area contributed by atoms with E-state index in [0.29, 0.717) is 0 Å². The zero-order valence-electron chi connectivity index (χ0n) is 14.0. The van der Waals surface area contributed by atoms with Gasteiger partial charge in [-0.1, -0.05) is 18.2 Å². The number of hydrogen-bond donors (Lipinski definition) is 1. The van der Waals surface area contributed by atoms with Crippen LogP contribution < -0.4 is 10.2 Å². The summed E-state index contributed by atoms with van der Waals surface area (Å²) >= 11 is 0. The third kappa shape index (κ3) is 5.04. The molecule has 5 heteroatoms. The number of rotatable bonds is 5. The first-order valence-corrected chi connectivity index (χ1v) is 8.02. The minimum absolute atomic E-state index is 0. The monoisotopic (exact) mass is 416 g/mol. The molecular formula is C17H29IN4. The quantitative estimate of drug-likeness (QED) is 0.455. The van der Waals surface area contributed by atoms with Crippen molar-refractivity contribution >= 4 is 35.6 Å². The molecule has 22 heavy (non-hydrogen) atoms. The third-order valence-corrected chi connectivity index (χ3v) is 4.12. The predicted molar refractivity (Wildman–Crippen MR) is 107 cm³/mol. The summed E-state index contributed by atoms with van der Waals surface area (Å²) in [4.78, 5) is 9.16. The molecule has 1 fully saturated rings. The third-order valence-electron chi connectivity index (χ3n) is 4.12. The lowest BCUT2D eigenvalue weighted by Crippen LogP contribution is -2.43. The Morgan fingerprint density at radius 2 is 1.95 bits per heavy atom. The van der Waals surface area contributed by atoms with Crippen LogP contribution in [-0.2, 0) is 0 Å². The highest BCUT2D eigenvalue weighted by Gasteiger charge is 2.15. The van der Waals surface area contributed by atoms with Gasteiger partial charge in [0.1, 0.15) is 0 Å². The van der Waals surface area contributed by atoms with E-state index in [1.54, 1.807) is 0 Å². The van der Waals surface area contributed by atoms with E-state index in [2.05, 4.69) is 58.2 Å². The molecule has 124 valence electrons. The number of halogens is 1. The van der Waals surface area contributed by atoms with Crippen molar-refractivity contribution in [3.8, 4) is 0 Å². The van der Waals surface area contributed by atoms with Crippen molar-refractivity contribution in [1.29, 1.82) is 0 Å². The average Bonchev–Trinajstić information content (AvgIpc) is 3.03. The van der Waals surface area contributed by atoms with Gasteiger partial charge in [0.2, 0.25) is 0 Å². The number of hydrogen-bond acceptors (Lipinski definition) is 2. The Kier molecular flexibility index (Phi) is 8.60. The highest BCUT2D eigenvalue weighted by molar-refractivity contribution is 14.0. The maximum Gasteiger partial charge on any atom is 0.193 e. The topological polar surface area (TPSA) is 30.9 Å². The molecule has 1 aromatic rings. The lowest BCUT2D eigenvalue weighted by atomic mass is 10.2. The Morgan fingerprint density at radius 1 is 1.27 bits per heavy atom. The first-order valence-electron chi connectivity index (χ1n) is 8.02. The van der Waals surface area contributed by atoms with E-state index < -0.39 is 0 Å². The van der Waals surface area contributed by atoms with Crippen LogP contribution in [0.5, 0.6) is 0 Å². The maximum absolute atomic E-state index is 4.40. The van der Waals surface area contributed by atoms with Crippen molar-refractivity contribution in [2.24, 2.45) is 4.99 Å². The van der Waals surface area contributed by atoms with Crippen LogP contribution in [0.3, 0.4) is 0 Å². The molecular weight excluding hydrogens is 387 g/mol. The second-order valence-corrected chi connectivity index (χ2v) is 5.53. The van der Waals surface area contributed by atoms with Crippen molar-refractivity contribution in [3.63, 3.8) is 0 Å². The van der Waals surface area contributed by atoms with Gasteiger partial charge in [-0.15, -0.1) is 24.0 Å². The molecule has 0 radical (unpaired) electrons. The van der Waals surface area contributed by atoms with Crippen molar-refractivity contribution in [2.75, 3.05) is 44.7 Å². The molecule has 0 aliphatic carbocycles. The lowest BCUT2D eigenvalue weighted by molar-refractivity contribution is 0.494. The van der Waals surface area contributed by atoms with Crippen molar-refractivity contribution < 1.29 is 0 Å². The molecule has 1 aromatic carbocycles. The van der Waals surface area contributed by atoms with Crippen LogP contribution in [-0.4, -0.2) is 50.6 Å². The van der Waals surface area contributed by atoms with Gasteiger partial charge in [0.15, 0.2) is 5.96 Å². The van der Waals surface area contributed by atoms with Crippen molar-refractivity contribution in [1.82, 2.24) is 10.2 Å². The number of anilines is 1. The van der Waals surface area contributed by atoms with Gasteiger partial charge in [-0.25, -0.2) is 0 Å². The van der Waals surface area contributed by atoms with Crippen LogP contribution in [0.2, 0.25) is 0 Å². The summed E-state index contributed by atoms with van der Waals surface area (Å²) in [6.07, 6.45) is 2.57. The van der Waals surface area contributed by atoms with Gasteiger partial charge >= 0.3 is 0 Å². The molecule has 0 saturated carbocycles. The smallest absolute Gasteiger partial charge is 0.193 e. The molecule has 4 nitrogen and oxygen atoms in total. The Labute approximate surface area is 152 Å². The fraction of sp³-hybridized carbons (Fsp3) is 0.588. The molecule has 2 rings (SSSR count). The van der Waals surface area contributed by atoms with Crippen LogP contribution in [0.4, 0.5) is 5.69 Å². The average molecular weight is 416 g/mol. The van der Waals surface area contributed by atoms with Crippen LogP contribution in [0.1, 0.15) is 25.3 Å². The summed E-state index contributed by atoms with van der Waals surface area (Å²) in [5.74, 6) is 1.05. The van der Waals surface area contributed by atoms with Gasteiger partial charge in [-0.2, -0.15) is 0 Å². The Hall–Kier alpha value is -0.980. The van der Waals surface area contributed by atoms with Gasteiger partial charge in [0.25, 0.3) is 0 Å². The van der Waals surface area contributed by atoms with E-state index in [4.69, 9.17) is 0 Å². The number of nitrogens with one attached hydrogen (secondary N) is 1. The van der Waals surface area contributed by atoms with Gasteiger partial charge in [0.05, 0.1) is 0 Å². The van der Waals surface area contributed by atoms with Gasteiger partial charge in [-0.3, -0.25) is 4.99 Å². The lowest BCUT2D eigenvalue weighted by Gasteiger charge is -2.27. The van der Waals surface area contributed by atoms with Crippen LogP contribution in [0.25, 0.3) is 0 Å². The van der Waals surface area contributed by atoms with E-state index in [1.807, 2.05) is 7.05 Å². The Bertz CT molecular complexity index is 469. The SMILES string of the molecule is CCN(CCNC(=NC)N1CCCC1)c1ccccc1C.I. The molecule has 0 amide bonds. The van der Waals surface area contributed by atoms with Gasteiger partial charge in [0, 0.05) is 45.5 Å². The zero-order chi connectivity index (χ0) is 15.1. The summed E-state index contributed by atoms with van der Waals surface area (Å²) in [6.45, 7) is 9.59. The van der Waals surface area contributed by atoms with Crippen LogP contribution in [0.15, 0.2) is 29.3 Å². The number of guanidine groups is 1. The largest absolute Gasteiger partial charge is 0.370 e. The maximum atomic E-state index is 4.40. The number of benzene rings is 1. The Morgan fingerprint density at radius 3 is 2.55 bits per heavy atom. The van der Waals surface area contributed by atoms with Crippen molar-refractivity contribution in [3.05, 3.63) is 29.8 Å². The van der Waals surface area contributed by atoms with E-state index in [1.165, 1.54) is 24.1 Å². The Balaban J connectivity index is 0.00000242. The number of nitrogens with zero attached hydrogens (tertiary/aromatic N) is 3. The summed E-state index contributed by atoms with van der Waals surface area (Å²) < 4.78 is 0. The van der Waals surface area contributed by atoms with E-state index >= 15 is 0 Å². The minimum Gasteiger partial charge on any atom is -0.370 e. The number of para-hydroxylation sites is 1. The zero-order valence-corrected chi connectivity index (χ0v) is 16.3. The number of aryl methyl sites for hydroxylation is 1. The summed E-state index contributed by atoms with van der Waals surface area (Å²) in [6, 6.07) is 8.59. The molecule has 0 unspecified atom stereocenters. The molecule has 0 aromatic heterocycles. The minimum atomic E-state index is 0. The van der Waals surface area contributed by atoms with Gasteiger partial charge < -0.3 is 15.1 Å². The molecule has 0 bridgehead atoms. The second-order valence-electron chi connectivity index (χ2n) is 5.53. The highest BCUT2D eigenvalue weighted by atomic mass is 127. The molecule has 1 aliphatic rings. The second kappa shape index (κ2) is 9.92. The summed E-state index contributed by atoms with van der Waals surface area (Å²) in [5, 5.41) is 3.50. The predicted octanol–water partition coefficient (Wildman–Crippen LogP) is 3.11. The first kappa shape index (κ1) is 19.1. The van der Waals surface area contributed by atoms with Crippen LogP contribution in [0, 0.1) is 6.92 Å². The van der Waals surface area contributed by atoms with Crippen molar-refractivity contribution in [2.45, 2.75) is 26.7 Å². The summed E-state index contributed by atoms with van der Waals surface area (Å²) in [5.41, 5.74) is 2.67. The fourth-order valence-electron chi connectivity index (χ4n) is 2.93. The first-order chi connectivity index (χ1) is 10.3. The van der Waals surface area contributed by atoms with E-state index in [-0.39, 0.29) is 24.0 Å². The number of aliphatic imine (C=N–C) groups is 1. The molecule has 1 N–H and O–H groups in total. The molecule has 0 spiro atoms. The van der Waals surface area contributed by atoms with E-state index in [9.17, 15) is 0 Å². The molecule has 1 aliphatic heterocycles.